The zero-order chi connectivity index (χ0) is 17.2. The molecule has 1 saturated carbocycles. The maximum atomic E-state index is 13.1. The summed E-state index contributed by atoms with van der Waals surface area (Å²) in [6, 6.07) is 2.94. The summed E-state index contributed by atoms with van der Waals surface area (Å²) >= 11 is 13.0. The number of benzene rings is 1. The number of ether oxygens (including phenoxy) is 1. The summed E-state index contributed by atoms with van der Waals surface area (Å²) in [5.41, 5.74) is 0.264. The minimum Gasteiger partial charge on any atom is -0.507 e. The van der Waals surface area contributed by atoms with Crippen molar-refractivity contribution in [2.45, 2.75) is 35.6 Å². The number of phenols is 1. The number of Topliss-reactive ketones (excluding diaryl/α,β-unsaturated/α-hetero) is 3. The number of aryl methyl sites for hydroxylation is 1. The lowest BCUT2D eigenvalue weighted by Gasteiger charge is -2.49. The average Bonchev–Trinajstić information content (AvgIpc) is 2.50. The smallest absolute Gasteiger partial charge is 0.193 e. The fraction of sp³-hybridized carbons (Fsp3) is 0.438. The van der Waals surface area contributed by atoms with Crippen molar-refractivity contribution < 1.29 is 24.2 Å². The third kappa shape index (κ3) is 1.87. The molecule has 0 amide bonds. The Hall–Kier alpha value is -1.43. The molecule has 5 nitrogen and oxygen atoms in total. The van der Waals surface area contributed by atoms with Crippen LogP contribution in [0.25, 0.3) is 0 Å². The number of alkyl halides is 2. The number of carbonyl (C=O) groups is 3. The molecule has 1 aromatic carbocycles. The summed E-state index contributed by atoms with van der Waals surface area (Å²) in [5, 5.41) is 10.2. The number of fused-ring (bicyclic) bond motifs is 2. The summed E-state index contributed by atoms with van der Waals surface area (Å²) in [4.78, 5) is 34.1. The lowest BCUT2D eigenvalue weighted by atomic mass is 9.64. The fourth-order valence-corrected chi connectivity index (χ4v) is 4.27. The molecular weight excluding hydrogens is 343 g/mol. The van der Waals surface area contributed by atoms with E-state index in [0.29, 0.717) is 5.56 Å². The summed E-state index contributed by atoms with van der Waals surface area (Å²) in [7, 11) is 1.30. The minimum atomic E-state index is -1.94. The maximum Gasteiger partial charge on any atom is 0.193 e. The van der Waals surface area contributed by atoms with Crippen molar-refractivity contribution in [1.82, 2.24) is 0 Å². The predicted octanol–water partition coefficient (Wildman–Crippen LogP) is 2.41. The van der Waals surface area contributed by atoms with E-state index in [4.69, 9.17) is 27.9 Å². The summed E-state index contributed by atoms with van der Waals surface area (Å²) in [5.74, 6) is -1.94. The number of hydrogen-bond donors (Lipinski definition) is 1. The third-order valence-corrected chi connectivity index (χ3v) is 6.14. The largest absolute Gasteiger partial charge is 0.507 e. The molecule has 1 aromatic rings. The summed E-state index contributed by atoms with van der Waals surface area (Å²) in [6.07, 6.45) is -1.51. The van der Waals surface area contributed by atoms with Gasteiger partial charge in [-0.05, 0) is 12.5 Å². The Morgan fingerprint density at radius 2 is 1.87 bits per heavy atom. The number of aromatic hydroxyl groups is 1. The van der Waals surface area contributed by atoms with Crippen molar-refractivity contribution in [1.29, 1.82) is 0 Å². The first-order valence-corrected chi connectivity index (χ1v) is 7.78. The highest BCUT2D eigenvalue weighted by Gasteiger charge is 2.70. The Balaban J connectivity index is 2.35. The maximum absolute atomic E-state index is 13.1. The van der Waals surface area contributed by atoms with Crippen molar-refractivity contribution in [3.8, 4) is 5.75 Å². The molecule has 2 aliphatic carbocycles. The highest BCUT2D eigenvalue weighted by Crippen LogP contribution is 2.54. The normalized spacial score (nSPS) is 33.4. The second-order valence-electron chi connectivity index (χ2n) is 5.97. The van der Waals surface area contributed by atoms with Gasteiger partial charge >= 0.3 is 0 Å². The number of hydrogen-bond acceptors (Lipinski definition) is 5. The lowest BCUT2D eigenvalue weighted by Crippen LogP contribution is -2.69. The Bertz CT molecular complexity index is 759. The van der Waals surface area contributed by atoms with E-state index in [2.05, 4.69) is 0 Å². The molecule has 0 spiro atoms. The van der Waals surface area contributed by atoms with E-state index >= 15 is 0 Å². The Labute approximate surface area is 142 Å². The zero-order valence-corrected chi connectivity index (χ0v) is 14.0. The molecule has 7 heteroatoms. The van der Waals surface area contributed by atoms with Crippen LogP contribution in [0.4, 0.5) is 0 Å². The van der Waals surface area contributed by atoms with Crippen LogP contribution in [0.3, 0.4) is 0 Å². The first kappa shape index (κ1) is 16.4. The predicted molar refractivity (Wildman–Crippen MR) is 83.7 cm³/mol. The number of methoxy groups -OCH3 is 1. The SMILES string of the molecule is CO[C@@H]1CC(=O)C[C@]2(Cl)C(=O)c3ccc(C)c(O)c3C(=O)[C@]12Cl. The van der Waals surface area contributed by atoms with Crippen molar-refractivity contribution in [3.05, 3.63) is 28.8 Å². The third-order valence-electron chi connectivity index (χ3n) is 4.70. The molecule has 2 aliphatic rings. The summed E-state index contributed by atoms with van der Waals surface area (Å²) < 4.78 is 5.21. The van der Waals surface area contributed by atoms with Crippen molar-refractivity contribution >= 4 is 40.6 Å². The van der Waals surface area contributed by atoms with Crippen LogP contribution in [-0.4, -0.2) is 45.4 Å². The highest BCUT2D eigenvalue weighted by atomic mass is 35.5. The molecule has 23 heavy (non-hydrogen) atoms. The van der Waals surface area contributed by atoms with Gasteiger partial charge in [0.15, 0.2) is 16.4 Å². The molecule has 3 atom stereocenters. The second-order valence-corrected chi connectivity index (χ2v) is 7.21. The Morgan fingerprint density at radius 1 is 1.22 bits per heavy atom. The van der Waals surface area contributed by atoms with Crippen LogP contribution in [0.15, 0.2) is 12.1 Å². The fourth-order valence-electron chi connectivity index (χ4n) is 3.40. The average molecular weight is 357 g/mol. The van der Waals surface area contributed by atoms with E-state index in [1.807, 2.05) is 0 Å². The van der Waals surface area contributed by atoms with Crippen LogP contribution in [-0.2, 0) is 9.53 Å². The van der Waals surface area contributed by atoms with Gasteiger partial charge in [0, 0.05) is 25.5 Å². The zero-order valence-electron chi connectivity index (χ0n) is 12.5. The topological polar surface area (TPSA) is 80.7 Å². The van der Waals surface area contributed by atoms with E-state index < -0.39 is 27.4 Å². The number of rotatable bonds is 1. The number of halogens is 2. The van der Waals surface area contributed by atoms with Crippen molar-refractivity contribution in [3.63, 3.8) is 0 Å². The van der Waals surface area contributed by atoms with Gasteiger partial charge in [0.2, 0.25) is 0 Å². The number of carbonyl (C=O) groups excluding carboxylic acids is 3. The number of ketones is 3. The van der Waals surface area contributed by atoms with Crippen LogP contribution in [0, 0.1) is 6.92 Å². The van der Waals surface area contributed by atoms with Crippen LogP contribution in [0.2, 0.25) is 0 Å². The molecule has 1 fully saturated rings. The van der Waals surface area contributed by atoms with Crippen LogP contribution in [0.5, 0.6) is 5.75 Å². The van der Waals surface area contributed by atoms with E-state index in [0.717, 1.165) is 0 Å². The minimum absolute atomic E-state index is 0.0195. The molecular formula is C16H14Cl2O5. The van der Waals surface area contributed by atoms with Gasteiger partial charge in [0.25, 0.3) is 0 Å². The molecule has 0 aromatic heterocycles. The molecule has 0 heterocycles. The monoisotopic (exact) mass is 356 g/mol. The van der Waals surface area contributed by atoms with E-state index in [9.17, 15) is 19.5 Å². The summed E-state index contributed by atoms with van der Waals surface area (Å²) in [6.45, 7) is 1.61. The Kier molecular flexibility index (Phi) is 3.59. The molecule has 1 N–H and O–H groups in total. The lowest BCUT2D eigenvalue weighted by molar-refractivity contribution is -0.125. The van der Waals surface area contributed by atoms with Gasteiger partial charge in [-0.15, -0.1) is 23.2 Å². The van der Waals surface area contributed by atoms with E-state index in [-0.39, 0.29) is 35.5 Å². The molecule has 0 aliphatic heterocycles. The van der Waals surface area contributed by atoms with E-state index in [1.165, 1.54) is 19.2 Å². The molecule has 0 radical (unpaired) electrons. The molecule has 0 bridgehead atoms. The van der Waals surface area contributed by atoms with Crippen molar-refractivity contribution in [2.75, 3.05) is 7.11 Å². The van der Waals surface area contributed by atoms with Gasteiger partial charge in [-0.2, -0.15) is 0 Å². The van der Waals surface area contributed by atoms with Crippen LogP contribution < -0.4 is 0 Å². The highest BCUT2D eigenvalue weighted by molar-refractivity contribution is 6.56. The van der Waals surface area contributed by atoms with Crippen molar-refractivity contribution in [2.24, 2.45) is 0 Å². The molecule has 0 saturated heterocycles. The van der Waals surface area contributed by atoms with Gasteiger partial charge in [0.05, 0.1) is 11.7 Å². The quantitative estimate of drug-likeness (QED) is 0.781. The van der Waals surface area contributed by atoms with Gasteiger partial charge in [-0.1, -0.05) is 12.1 Å². The van der Waals surface area contributed by atoms with Gasteiger partial charge in [-0.25, -0.2) is 0 Å². The second kappa shape index (κ2) is 5.03. The number of phenolic OH excluding ortho intramolecular Hbond substituents is 1. The van der Waals surface area contributed by atoms with Gasteiger partial charge < -0.3 is 9.84 Å². The first-order valence-electron chi connectivity index (χ1n) is 7.03. The van der Waals surface area contributed by atoms with E-state index in [1.54, 1.807) is 6.92 Å². The molecule has 0 unspecified atom stereocenters. The van der Waals surface area contributed by atoms with Gasteiger partial charge in [0.1, 0.15) is 16.4 Å². The first-order chi connectivity index (χ1) is 10.7. The van der Waals surface area contributed by atoms with Crippen LogP contribution in [0.1, 0.15) is 39.1 Å². The molecule has 3 rings (SSSR count). The Morgan fingerprint density at radius 3 is 2.48 bits per heavy atom. The standard InChI is InChI=1S/C16H14Cl2O5/c1-7-3-4-9-11(12(7)20)14(22)16(18)10(23-2)5-8(19)6-15(16,17)13(9)21/h3-4,10,20H,5-6H2,1-2H3/t10-,15+,16-/m1/s1. The molecule has 122 valence electrons. The van der Waals surface area contributed by atoms with Gasteiger partial charge in [-0.3, -0.25) is 14.4 Å². The van der Waals surface area contributed by atoms with Crippen LogP contribution >= 0.6 is 23.2 Å².